The summed E-state index contributed by atoms with van der Waals surface area (Å²) in [7, 11) is 1.53. The van der Waals surface area contributed by atoms with E-state index in [4.69, 9.17) is 0 Å². The van der Waals surface area contributed by atoms with Crippen molar-refractivity contribution in [3.63, 3.8) is 0 Å². The van der Waals surface area contributed by atoms with Gasteiger partial charge in [-0.2, -0.15) is 0 Å². The smallest absolute Gasteiger partial charge is 0.329 e. The molecule has 1 aliphatic heterocycles. The second-order valence-corrected chi connectivity index (χ2v) is 5.54. The lowest BCUT2D eigenvalue weighted by Crippen LogP contribution is -2.55. The molecule has 1 saturated heterocycles. The summed E-state index contributed by atoms with van der Waals surface area (Å²) in [6.45, 7) is 6.87. The molecule has 7 nitrogen and oxygen atoms in total. The number of hydrogen-bond acceptors (Lipinski definition) is 3. The van der Waals surface area contributed by atoms with Gasteiger partial charge in [0, 0.05) is 26.7 Å². The molecule has 1 rings (SSSR count). The number of nitrogens with zero attached hydrogens (tertiary/aromatic N) is 3. The third-order valence-corrected chi connectivity index (χ3v) is 4.15. The third-order valence-electron chi connectivity index (χ3n) is 4.15. The zero-order valence-electron chi connectivity index (χ0n) is 13.3. The Morgan fingerprint density at radius 3 is 2.29 bits per heavy atom. The Morgan fingerprint density at radius 2 is 1.81 bits per heavy atom. The molecule has 1 atom stereocenters. The zero-order chi connectivity index (χ0) is 16.2. The van der Waals surface area contributed by atoms with Gasteiger partial charge in [0.1, 0.15) is 12.1 Å². The molecule has 0 spiro atoms. The summed E-state index contributed by atoms with van der Waals surface area (Å²) in [6, 6.07) is -0.405. The van der Waals surface area contributed by atoms with E-state index in [-0.39, 0.29) is 12.5 Å². The number of carboxylic acid groups (broad SMARTS) is 1. The highest BCUT2D eigenvalue weighted by atomic mass is 16.4. The van der Waals surface area contributed by atoms with Gasteiger partial charge in [-0.1, -0.05) is 0 Å². The molecule has 1 heterocycles. The standard InChI is InChI=1S/C14H25N3O4/c1-5-16(6-2)11(18)10-15(4)13(21)17-9-7-8-14(17,3)12(19)20/h5-10H2,1-4H3,(H,19,20). The summed E-state index contributed by atoms with van der Waals surface area (Å²) >= 11 is 0. The molecule has 0 saturated carbocycles. The first-order valence-electron chi connectivity index (χ1n) is 7.31. The Balaban J connectivity index is 2.74. The van der Waals surface area contributed by atoms with Crippen LogP contribution in [0.4, 0.5) is 4.79 Å². The number of carboxylic acids is 1. The topological polar surface area (TPSA) is 81.2 Å². The van der Waals surface area contributed by atoms with Gasteiger partial charge in [-0.25, -0.2) is 9.59 Å². The Labute approximate surface area is 125 Å². The normalized spacial score (nSPS) is 21.2. The maximum atomic E-state index is 12.4. The van der Waals surface area contributed by atoms with Crippen molar-refractivity contribution >= 4 is 17.9 Å². The Bertz CT molecular complexity index is 422. The van der Waals surface area contributed by atoms with Gasteiger partial charge in [-0.15, -0.1) is 0 Å². The first-order valence-corrected chi connectivity index (χ1v) is 7.31. The Morgan fingerprint density at radius 1 is 1.24 bits per heavy atom. The van der Waals surface area contributed by atoms with E-state index < -0.39 is 17.5 Å². The van der Waals surface area contributed by atoms with Crippen LogP contribution in [0.2, 0.25) is 0 Å². The van der Waals surface area contributed by atoms with Gasteiger partial charge in [-0.05, 0) is 33.6 Å². The van der Waals surface area contributed by atoms with E-state index in [1.807, 2.05) is 13.8 Å². The Hall–Kier alpha value is -1.79. The van der Waals surface area contributed by atoms with Crippen molar-refractivity contribution in [2.45, 2.75) is 39.2 Å². The number of likely N-dealkylation sites (N-methyl/N-ethyl adjacent to an activating group) is 2. The van der Waals surface area contributed by atoms with E-state index in [1.165, 1.54) is 16.8 Å². The predicted molar refractivity (Wildman–Crippen MR) is 77.9 cm³/mol. The van der Waals surface area contributed by atoms with Gasteiger partial charge in [0.2, 0.25) is 5.91 Å². The molecule has 0 bridgehead atoms. The molecule has 0 radical (unpaired) electrons. The summed E-state index contributed by atoms with van der Waals surface area (Å²) < 4.78 is 0. The molecule has 0 aromatic carbocycles. The number of likely N-dealkylation sites (tertiary alicyclic amines) is 1. The lowest BCUT2D eigenvalue weighted by molar-refractivity contribution is -0.147. The second-order valence-electron chi connectivity index (χ2n) is 5.54. The minimum Gasteiger partial charge on any atom is -0.480 e. The average Bonchev–Trinajstić information content (AvgIpc) is 2.82. The zero-order valence-corrected chi connectivity index (χ0v) is 13.3. The van der Waals surface area contributed by atoms with Gasteiger partial charge in [0.15, 0.2) is 0 Å². The summed E-state index contributed by atoms with van der Waals surface area (Å²) in [6.07, 6.45) is 1.10. The minimum absolute atomic E-state index is 0.0350. The molecule has 0 aromatic heterocycles. The highest BCUT2D eigenvalue weighted by Gasteiger charge is 2.46. The summed E-state index contributed by atoms with van der Waals surface area (Å²) in [4.78, 5) is 40.1. The Kier molecular flexibility index (Phi) is 5.57. The minimum atomic E-state index is -1.18. The van der Waals surface area contributed by atoms with Crippen LogP contribution >= 0.6 is 0 Å². The molecule has 7 heteroatoms. The van der Waals surface area contributed by atoms with Crippen LogP contribution in [0, 0.1) is 0 Å². The predicted octanol–water partition coefficient (Wildman–Crippen LogP) is 0.846. The van der Waals surface area contributed by atoms with Crippen molar-refractivity contribution in [2.75, 3.05) is 33.2 Å². The van der Waals surface area contributed by atoms with Gasteiger partial charge in [0.25, 0.3) is 0 Å². The molecule has 21 heavy (non-hydrogen) atoms. The van der Waals surface area contributed by atoms with Crippen LogP contribution in [0.3, 0.4) is 0 Å². The number of amides is 3. The van der Waals surface area contributed by atoms with Crippen molar-refractivity contribution in [1.82, 2.24) is 14.7 Å². The third kappa shape index (κ3) is 3.46. The fourth-order valence-corrected chi connectivity index (χ4v) is 2.65. The largest absolute Gasteiger partial charge is 0.480 e. The van der Waals surface area contributed by atoms with Crippen LogP contribution in [0.5, 0.6) is 0 Å². The van der Waals surface area contributed by atoms with Crippen LogP contribution in [0.15, 0.2) is 0 Å². The van der Waals surface area contributed by atoms with E-state index in [0.29, 0.717) is 32.5 Å². The highest BCUT2D eigenvalue weighted by molar-refractivity contribution is 5.89. The van der Waals surface area contributed by atoms with Gasteiger partial charge in [0.05, 0.1) is 0 Å². The van der Waals surface area contributed by atoms with E-state index in [2.05, 4.69) is 0 Å². The number of hydrogen-bond donors (Lipinski definition) is 1. The number of carbonyl (C=O) groups excluding carboxylic acids is 2. The maximum Gasteiger partial charge on any atom is 0.329 e. The van der Waals surface area contributed by atoms with Crippen molar-refractivity contribution in [2.24, 2.45) is 0 Å². The lowest BCUT2D eigenvalue weighted by Gasteiger charge is -2.34. The number of carbonyl (C=O) groups is 3. The molecule has 1 aliphatic rings. The van der Waals surface area contributed by atoms with Crippen molar-refractivity contribution in [3.8, 4) is 0 Å². The van der Waals surface area contributed by atoms with Crippen LogP contribution in [0.1, 0.15) is 33.6 Å². The fourth-order valence-electron chi connectivity index (χ4n) is 2.65. The van der Waals surface area contributed by atoms with Crippen LogP contribution < -0.4 is 0 Å². The van der Waals surface area contributed by atoms with E-state index in [9.17, 15) is 19.5 Å². The van der Waals surface area contributed by atoms with Gasteiger partial charge >= 0.3 is 12.0 Å². The average molecular weight is 299 g/mol. The van der Waals surface area contributed by atoms with E-state index >= 15 is 0 Å². The van der Waals surface area contributed by atoms with E-state index in [0.717, 1.165) is 0 Å². The van der Waals surface area contributed by atoms with Crippen molar-refractivity contribution < 1.29 is 19.5 Å². The lowest BCUT2D eigenvalue weighted by atomic mass is 10.00. The molecule has 0 aliphatic carbocycles. The molecule has 1 fully saturated rings. The van der Waals surface area contributed by atoms with Crippen molar-refractivity contribution in [1.29, 1.82) is 0 Å². The fraction of sp³-hybridized carbons (Fsp3) is 0.786. The van der Waals surface area contributed by atoms with Crippen LogP contribution in [-0.2, 0) is 9.59 Å². The van der Waals surface area contributed by atoms with Gasteiger partial charge in [-0.3, -0.25) is 4.79 Å². The summed E-state index contributed by atoms with van der Waals surface area (Å²) in [5.74, 6) is -1.14. The summed E-state index contributed by atoms with van der Waals surface area (Å²) in [5, 5.41) is 9.33. The molecule has 1 N–H and O–H groups in total. The molecule has 0 aromatic rings. The van der Waals surface area contributed by atoms with Gasteiger partial charge < -0.3 is 19.8 Å². The summed E-state index contributed by atoms with van der Waals surface area (Å²) in [5.41, 5.74) is -1.18. The second kappa shape index (κ2) is 6.78. The molecule has 1 unspecified atom stereocenters. The molecular formula is C14H25N3O4. The molecule has 3 amide bonds. The first kappa shape index (κ1) is 17.3. The highest BCUT2D eigenvalue weighted by Crippen LogP contribution is 2.30. The number of aliphatic carboxylic acids is 1. The number of urea groups is 1. The van der Waals surface area contributed by atoms with Crippen LogP contribution in [-0.4, -0.2) is 76.5 Å². The van der Waals surface area contributed by atoms with E-state index in [1.54, 1.807) is 11.8 Å². The number of rotatable bonds is 5. The monoisotopic (exact) mass is 299 g/mol. The van der Waals surface area contributed by atoms with Crippen molar-refractivity contribution in [3.05, 3.63) is 0 Å². The quantitative estimate of drug-likeness (QED) is 0.816. The molecule has 120 valence electrons. The maximum absolute atomic E-state index is 12.4. The van der Waals surface area contributed by atoms with Crippen LogP contribution in [0.25, 0.3) is 0 Å². The first-order chi connectivity index (χ1) is 9.77. The molecular weight excluding hydrogens is 274 g/mol. The SMILES string of the molecule is CCN(CC)C(=O)CN(C)C(=O)N1CCCC1(C)C(=O)O.